The highest BCUT2D eigenvalue weighted by molar-refractivity contribution is 5.69. The summed E-state index contributed by atoms with van der Waals surface area (Å²) in [5, 5.41) is 8.73. The van der Waals surface area contributed by atoms with Gasteiger partial charge in [-0.05, 0) is 37.8 Å². The number of aliphatic carboxylic acids is 1. The minimum atomic E-state index is -0.723. The first-order valence-electron chi connectivity index (χ1n) is 5.79. The van der Waals surface area contributed by atoms with Crippen molar-refractivity contribution >= 4 is 5.97 Å². The van der Waals surface area contributed by atoms with Crippen LogP contribution in [0.2, 0.25) is 0 Å². The molecule has 0 aliphatic carbocycles. The number of nitrogens with zero attached hydrogens (tertiary/aromatic N) is 1. The summed E-state index contributed by atoms with van der Waals surface area (Å²) in [7, 11) is 0. The molecule has 0 amide bonds. The second-order valence-corrected chi connectivity index (χ2v) is 5.33. The molecule has 0 saturated carbocycles. The Balaban J connectivity index is 3.80. The molecule has 3 heteroatoms. The van der Waals surface area contributed by atoms with Crippen molar-refractivity contribution in [2.45, 2.75) is 47.0 Å². The molecule has 0 heterocycles. The van der Waals surface area contributed by atoms with Crippen LogP contribution in [-0.2, 0) is 4.79 Å². The van der Waals surface area contributed by atoms with Crippen LogP contribution in [0, 0.1) is 5.41 Å². The van der Waals surface area contributed by atoms with E-state index >= 15 is 0 Å². The normalized spacial score (nSPS) is 12.1. The number of carbonyl (C=O) groups is 1. The summed E-state index contributed by atoms with van der Waals surface area (Å²) >= 11 is 0. The minimum Gasteiger partial charge on any atom is -0.480 e. The summed E-state index contributed by atoms with van der Waals surface area (Å²) in [5.74, 6) is -0.723. The molecule has 0 aliphatic rings. The summed E-state index contributed by atoms with van der Waals surface area (Å²) < 4.78 is 0. The summed E-state index contributed by atoms with van der Waals surface area (Å²) in [4.78, 5) is 12.6. The quantitative estimate of drug-likeness (QED) is 0.709. The molecule has 0 radical (unpaired) electrons. The molecule has 1 N–H and O–H groups in total. The Bertz CT molecular complexity index is 185. The van der Waals surface area contributed by atoms with Gasteiger partial charge in [-0.2, -0.15) is 0 Å². The van der Waals surface area contributed by atoms with E-state index in [1.165, 1.54) is 0 Å². The highest BCUT2D eigenvalue weighted by Gasteiger charge is 2.12. The van der Waals surface area contributed by atoms with Gasteiger partial charge in [-0.1, -0.05) is 27.7 Å². The fourth-order valence-corrected chi connectivity index (χ4v) is 1.61. The maximum absolute atomic E-state index is 10.6. The fraction of sp³-hybridized carbons (Fsp3) is 0.917. The number of rotatable bonds is 7. The monoisotopic (exact) mass is 215 g/mol. The van der Waals surface area contributed by atoms with E-state index in [0.717, 1.165) is 32.4 Å². The molecule has 0 spiro atoms. The topological polar surface area (TPSA) is 40.5 Å². The lowest BCUT2D eigenvalue weighted by Gasteiger charge is -2.23. The SMILES string of the molecule is CCCN(CCCC(C)(C)C)CC(=O)O. The molecule has 90 valence electrons. The zero-order chi connectivity index (χ0) is 11.9. The van der Waals surface area contributed by atoms with Crippen molar-refractivity contribution in [3.05, 3.63) is 0 Å². The number of carboxylic acid groups (broad SMARTS) is 1. The molecule has 0 fully saturated rings. The highest BCUT2D eigenvalue weighted by Crippen LogP contribution is 2.20. The van der Waals surface area contributed by atoms with Crippen LogP contribution < -0.4 is 0 Å². The molecular formula is C12H25NO2. The Labute approximate surface area is 93.5 Å². The van der Waals surface area contributed by atoms with Crippen LogP contribution in [0.1, 0.15) is 47.0 Å². The van der Waals surface area contributed by atoms with Gasteiger partial charge in [0.05, 0.1) is 6.54 Å². The molecule has 0 bridgehead atoms. The van der Waals surface area contributed by atoms with Gasteiger partial charge in [-0.15, -0.1) is 0 Å². The van der Waals surface area contributed by atoms with E-state index in [1.54, 1.807) is 0 Å². The summed E-state index contributed by atoms with van der Waals surface area (Å²) in [6, 6.07) is 0. The van der Waals surface area contributed by atoms with Crippen molar-refractivity contribution in [2.24, 2.45) is 5.41 Å². The van der Waals surface area contributed by atoms with Crippen LogP contribution in [0.4, 0.5) is 0 Å². The Hall–Kier alpha value is -0.570. The molecule has 0 rings (SSSR count). The van der Waals surface area contributed by atoms with Gasteiger partial charge < -0.3 is 5.11 Å². The fourth-order valence-electron chi connectivity index (χ4n) is 1.61. The van der Waals surface area contributed by atoms with Gasteiger partial charge in [0.1, 0.15) is 0 Å². The molecule has 0 aromatic carbocycles. The highest BCUT2D eigenvalue weighted by atomic mass is 16.4. The van der Waals surface area contributed by atoms with Crippen molar-refractivity contribution in [1.29, 1.82) is 0 Å². The first-order valence-corrected chi connectivity index (χ1v) is 5.79. The molecular weight excluding hydrogens is 190 g/mol. The van der Waals surface area contributed by atoms with Gasteiger partial charge >= 0.3 is 5.97 Å². The molecule has 0 atom stereocenters. The summed E-state index contributed by atoms with van der Waals surface area (Å²) in [6.07, 6.45) is 3.24. The molecule has 3 nitrogen and oxygen atoms in total. The van der Waals surface area contributed by atoms with Gasteiger partial charge in [-0.3, -0.25) is 9.69 Å². The lowest BCUT2D eigenvalue weighted by molar-refractivity contribution is -0.138. The molecule has 0 aliphatic heterocycles. The van der Waals surface area contributed by atoms with Gasteiger partial charge in [0.2, 0.25) is 0 Å². The maximum Gasteiger partial charge on any atom is 0.317 e. The number of hydrogen-bond donors (Lipinski definition) is 1. The lowest BCUT2D eigenvalue weighted by atomic mass is 9.90. The first-order chi connectivity index (χ1) is 6.85. The maximum atomic E-state index is 10.6. The Kier molecular flexibility index (Phi) is 6.57. The van der Waals surface area contributed by atoms with Crippen LogP contribution in [0.3, 0.4) is 0 Å². The van der Waals surface area contributed by atoms with E-state index in [1.807, 2.05) is 4.90 Å². The second-order valence-electron chi connectivity index (χ2n) is 5.33. The molecule has 0 aromatic rings. The van der Waals surface area contributed by atoms with E-state index in [0.29, 0.717) is 5.41 Å². The van der Waals surface area contributed by atoms with Gasteiger partial charge in [0.15, 0.2) is 0 Å². The van der Waals surface area contributed by atoms with Gasteiger partial charge in [0, 0.05) is 0 Å². The predicted molar refractivity (Wildman–Crippen MR) is 63.1 cm³/mol. The van der Waals surface area contributed by atoms with Crippen LogP contribution in [0.25, 0.3) is 0 Å². The van der Waals surface area contributed by atoms with E-state index in [9.17, 15) is 4.79 Å². The van der Waals surface area contributed by atoms with Crippen molar-refractivity contribution in [1.82, 2.24) is 4.90 Å². The zero-order valence-corrected chi connectivity index (χ0v) is 10.5. The van der Waals surface area contributed by atoms with Crippen LogP contribution in [0.15, 0.2) is 0 Å². The number of hydrogen-bond acceptors (Lipinski definition) is 2. The van der Waals surface area contributed by atoms with E-state index in [2.05, 4.69) is 27.7 Å². The minimum absolute atomic E-state index is 0.179. The lowest BCUT2D eigenvalue weighted by Crippen LogP contribution is -2.31. The van der Waals surface area contributed by atoms with Gasteiger partial charge in [0.25, 0.3) is 0 Å². The third kappa shape index (κ3) is 9.73. The largest absolute Gasteiger partial charge is 0.480 e. The van der Waals surface area contributed by atoms with Gasteiger partial charge in [-0.25, -0.2) is 0 Å². The van der Waals surface area contributed by atoms with Crippen LogP contribution >= 0.6 is 0 Å². The summed E-state index contributed by atoms with van der Waals surface area (Å²) in [5.41, 5.74) is 0.348. The van der Waals surface area contributed by atoms with E-state index in [-0.39, 0.29) is 6.54 Å². The average Bonchev–Trinajstić information content (AvgIpc) is 2.00. The molecule has 0 unspecified atom stereocenters. The smallest absolute Gasteiger partial charge is 0.317 e. The van der Waals surface area contributed by atoms with E-state index in [4.69, 9.17) is 5.11 Å². The molecule has 0 saturated heterocycles. The van der Waals surface area contributed by atoms with Crippen molar-refractivity contribution in [2.75, 3.05) is 19.6 Å². The second kappa shape index (κ2) is 6.83. The predicted octanol–water partition coefficient (Wildman–Crippen LogP) is 2.61. The molecule has 0 aromatic heterocycles. The Morgan fingerprint density at radius 2 is 1.87 bits per heavy atom. The Morgan fingerprint density at radius 3 is 2.27 bits per heavy atom. The first kappa shape index (κ1) is 14.4. The van der Waals surface area contributed by atoms with E-state index < -0.39 is 5.97 Å². The number of carboxylic acids is 1. The average molecular weight is 215 g/mol. The summed E-state index contributed by atoms with van der Waals surface area (Å²) in [6.45, 7) is 10.7. The van der Waals surface area contributed by atoms with Crippen molar-refractivity contribution in [3.8, 4) is 0 Å². The molecule has 15 heavy (non-hydrogen) atoms. The van der Waals surface area contributed by atoms with Crippen molar-refractivity contribution < 1.29 is 9.90 Å². The Morgan fingerprint density at radius 1 is 1.27 bits per heavy atom. The van der Waals surface area contributed by atoms with Crippen LogP contribution in [-0.4, -0.2) is 35.6 Å². The standard InChI is InChI=1S/C12H25NO2/c1-5-8-13(10-11(14)15)9-6-7-12(2,3)4/h5-10H2,1-4H3,(H,14,15). The third-order valence-corrected chi connectivity index (χ3v) is 2.30. The zero-order valence-electron chi connectivity index (χ0n) is 10.5. The van der Waals surface area contributed by atoms with Crippen molar-refractivity contribution in [3.63, 3.8) is 0 Å². The van der Waals surface area contributed by atoms with Crippen LogP contribution in [0.5, 0.6) is 0 Å². The third-order valence-electron chi connectivity index (χ3n) is 2.30.